The first-order valence-electron chi connectivity index (χ1n) is 7.86. The summed E-state index contributed by atoms with van der Waals surface area (Å²) in [4.78, 5) is 23.6. The zero-order valence-corrected chi connectivity index (χ0v) is 14.4. The molecule has 0 radical (unpaired) electrons. The van der Waals surface area contributed by atoms with Gasteiger partial charge in [0, 0.05) is 5.56 Å². The Hall–Kier alpha value is -3.02. The summed E-state index contributed by atoms with van der Waals surface area (Å²) in [5.41, 5.74) is 1.14. The maximum atomic E-state index is 12.4. The molecule has 0 aliphatic rings. The minimum Gasteiger partial charge on any atom is -0.496 e. The second-order valence-electron chi connectivity index (χ2n) is 5.72. The third kappa shape index (κ3) is 4.97. The van der Waals surface area contributed by atoms with Crippen LogP contribution in [0.4, 0.5) is 5.69 Å². The number of carbonyl (C=O) groups excluding carboxylic acids is 1. The highest BCUT2D eigenvalue weighted by Crippen LogP contribution is 2.27. The molecule has 0 saturated carbocycles. The number of carboxylic acids is 1. The maximum Gasteiger partial charge on any atom is 0.335 e. The van der Waals surface area contributed by atoms with Crippen molar-refractivity contribution in [2.45, 2.75) is 26.4 Å². The van der Waals surface area contributed by atoms with Crippen LogP contribution in [0.5, 0.6) is 11.5 Å². The van der Waals surface area contributed by atoms with Gasteiger partial charge in [0.1, 0.15) is 11.5 Å². The van der Waals surface area contributed by atoms with Gasteiger partial charge in [0.15, 0.2) is 0 Å². The SMILES string of the molecule is COc1ccccc1CC(=O)Nc1cc(C(=O)O)ccc1OC(C)C. The van der Waals surface area contributed by atoms with Crippen LogP contribution in [0.15, 0.2) is 42.5 Å². The highest BCUT2D eigenvalue weighted by molar-refractivity contribution is 5.96. The molecule has 0 heterocycles. The molecule has 0 fully saturated rings. The number of hydrogen-bond donors (Lipinski definition) is 2. The number of carbonyl (C=O) groups is 2. The molecule has 25 heavy (non-hydrogen) atoms. The van der Waals surface area contributed by atoms with Crippen LogP contribution < -0.4 is 14.8 Å². The Kier molecular flexibility index (Phi) is 6.00. The summed E-state index contributed by atoms with van der Waals surface area (Å²) in [6.07, 6.45) is -0.0110. The number of methoxy groups -OCH3 is 1. The summed E-state index contributed by atoms with van der Waals surface area (Å²) < 4.78 is 10.9. The average Bonchev–Trinajstić information content (AvgIpc) is 2.56. The van der Waals surface area contributed by atoms with Crippen LogP contribution in [0.3, 0.4) is 0 Å². The molecule has 2 aromatic rings. The van der Waals surface area contributed by atoms with Gasteiger partial charge in [-0.05, 0) is 38.1 Å². The zero-order valence-electron chi connectivity index (χ0n) is 14.4. The fourth-order valence-electron chi connectivity index (χ4n) is 2.33. The van der Waals surface area contributed by atoms with Crippen LogP contribution in [-0.4, -0.2) is 30.2 Å². The molecule has 0 aliphatic carbocycles. The Labute approximate surface area is 146 Å². The van der Waals surface area contributed by atoms with Crippen LogP contribution in [-0.2, 0) is 11.2 Å². The molecule has 0 atom stereocenters. The smallest absolute Gasteiger partial charge is 0.335 e. The average molecular weight is 343 g/mol. The molecule has 6 nitrogen and oxygen atoms in total. The number of aromatic carboxylic acids is 1. The highest BCUT2D eigenvalue weighted by Gasteiger charge is 2.14. The molecule has 0 spiro atoms. The van der Waals surface area contributed by atoms with Crippen molar-refractivity contribution in [3.63, 3.8) is 0 Å². The van der Waals surface area contributed by atoms with Crippen molar-refractivity contribution in [2.75, 3.05) is 12.4 Å². The Morgan fingerprint density at radius 3 is 2.48 bits per heavy atom. The predicted molar refractivity (Wildman–Crippen MR) is 94.5 cm³/mol. The van der Waals surface area contributed by atoms with Crippen LogP contribution in [0.2, 0.25) is 0 Å². The summed E-state index contributed by atoms with van der Waals surface area (Å²) in [6.45, 7) is 3.71. The Balaban J connectivity index is 2.23. The lowest BCUT2D eigenvalue weighted by atomic mass is 10.1. The number of para-hydroxylation sites is 1. The quantitative estimate of drug-likeness (QED) is 0.805. The van der Waals surface area contributed by atoms with Crippen molar-refractivity contribution in [1.82, 2.24) is 0 Å². The largest absolute Gasteiger partial charge is 0.496 e. The van der Waals surface area contributed by atoms with E-state index in [4.69, 9.17) is 14.6 Å². The van der Waals surface area contributed by atoms with Crippen LogP contribution in [0.1, 0.15) is 29.8 Å². The fraction of sp³-hybridized carbons (Fsp3) is 0.263. The van der Waals surface area contributed by atoms with E-state index in [0.717, 1.165) is 5.56 Å². The van der Waals surface area contributed by atoms with E-state index in [-0.39, 0.29) is 24.0 Å². The zero-order chi connectivity index (χ0) is 18.4. The van der Waals surface area contributed by atoms with Gasteiger partial charge in [-0.2, -0.15) is 0 Å². The third-order valence-corrected chi connectivity index (χ3v) is 3.41. The molecule has 0 unspecified atom stereocenters. The lowest BCUT2D eigenvalue weighted by Crippen LogP contribution is -2.17. The molecule has 1 amide bonds. The topological polar surface area (TPSA) is 84.9 Å². The monoisotopic (exact) mass is 343 g/mol. The first kappa shape index (κ1) is 18.3. The number of rotatable bonds is 7. The van der Waals surface area contributed by atoms with Crippen molar-refractivity contribution in [1.29, 1.82) is 0 Å². The Morgan fingerprint density at radius 1 is 1.12 bits per heavy atom. The highest BCUT2D eigenvalue weighted by atomic mass is 16.5. The van der Waals surface area contributed by atoms with Gasteiger partial charge >= 0.3 is 5.97 Å². The number of benzene rings is 2. The van der Waals surface area contributed by atoms with E-state index >= 15 is 0 Å². The first-order chi connectivity index (χ1) is 11.9. The lowest BCUT2D eigenvalue weighted by Gasteiger charge is -2.16. The summed E-state index contributed by atoms with van der Waals surface area (Å²) in [5, 5.41) is 11.9. The van der Waals surface area contributed by atoms with E-state index in [0.29, 0.717) is 17.2 Å². The van der Waals surface area contributed by atoms with Gasteiger partial charge in [-0.1, -0.05) is 18.2 Å². The molecule has 0 saturated heterocycles. The number of anilines is 1. The van der Waals surface area contributed by atoms with Gasteiger partial charge in [0.2, 0.25) is 5.91 Å². The number of amides is 1. The first-order valence-corrected chi connectivity index (χ1v) is 7.86. The van der Waals surface area contributed by atoms with Crippen LogP contribution in [0.25, 0.3) is 0 Å². The minimum absolute atomic E-state index is 0.0729. The van der Waals surface area contributed by atoms with Gasteiger partial charge in [-0.3, -0.25) is 4.79 Å². The fourth-order valence-corrected chi connectivity index (χ4v) is 2.33. The molecule has 6 heteroatoms. The van der Waals surface area contributed by atoms with E-state index in [1.54, 1.807) is 25.3 Å². The molecular formula is C19H21NO5. The molecular weight excluding hydrogens is 322 g/mol. The van der Waals surface area contributed by atoms with Crippen molar-refractivity contribution >= 4 is 17.6 Å². The van der Waals surface area contributed by atoms with Crippen molar-refractivity contribution in [3.8, 4) is 11.5 Å². The number of nitrogens with one attached hydrogen (secondary N) is 1. The van der Waals surface area contributed by atoms with E-state index in [1.807, 2.05) is 26.0 Å². The summed E-state index contributed by atoms with van der Waals surface area (Å²) in [6, 6.07) is 11.6. The molecule has 0 bridgehead atoms. The van der Waals surface area contributed by atoms with Gasteiger partial charge < -0.3 is 19.9 Å². The van der Waals surface area contributed by atoms with Gasteiger partial charge in [0.05, 0.1) is 30.9 Å². The van der Waals surface area contributed by atoms with Gasteiger partial charge in [0.25, 0.3) is 0 Å². The molecule has 2 aromatic carbocycles. The minimum atomic E-state index is -1.07. The number of hydrogen-bond acceptors (Lipinski definition) is 4. The standard InChI is InChI=1S/C19H21NO5/c1-12(2)25-17-9-8-14(19(22)23)10-15(17)20-18(21)11-13-6-4-5-7-16(13)24-3/h4-10,12H,11H2,1-3H3,(H,20,21)(H,22,23). The van der Waals surface area contributed by atoms with Crippen molar-refractivity contribution in [2.24, 2.45) is 0 Å². The molecule has 0 aliphatic heterocycles. The molecule has 0 aromatic heterocycles. The Bertz CT molecular complexity index is 770. The molecule has 132 valence electrons. The second kappa shape index (κ2) is 8.19. The maximum absolute atomic E-state index is 12.4. The van der Waals surface area contributed by atoms with Crippen molar-refractivity contribution in [3.05, 3.63) is 53.6 Å². The van der Waals surface area contributed by atoms with Crippen molar-refractivity contribution < 1.29 is 24.2 Å². The van der Waals surface area contributed by atoms with Gasteiger partial charge in [-0.25, -0.2) is 4.79 Å². The molecule has 2 rings (SSSR count). The molecule has 2 N–H and O–H groups in total. The third-order valence-electron chi connectivity index (χ3n) is 3.41. The van der Waals surface area contributed by atoms with Crippen LogP contribution >= 0.6 is 0 Å². The van der Waals surface area contributed by atoms with E-state index < -0.39 is 5.97 Å². The number of carboxylic acid groups (broad SMARTS) is 1. The van der Waals surface area contributed by atoms with Crippen LogP contribution in [0, 0.1) is 0 Å². The summed E-state index contributed by atoms with van der Waals surface area (Å²) in [5.74, 6) is -0.319. The summed E-state index contributed by atoms with van der Waals surface area (Å²) >= 11 is 0. The van der Waals surface area contributed by atoms with E-state index in [9.17, 15) is 9.59 Å². The lowest BCUT2D eigenvalue weighted by molar-refractivity contribution is -0.115. The van der Waals surface area contributed by atoms with E-state index in [1.165, 1.54) is 12.1 Å². The Morgan fingerprint density at radius 2 is 1.84 bits per heavy atom. The van der Waals surface area contributed by atoms with Gasteiger partial charge in [-0.15, -0.1) is 0 Å². The van der Waals surface area contributed by atoms with E-state index in [2.05, 4.69) is 5.32 Å². The second-order valence-corrected chi connectivity index (χ2v) is 5.72. The summed E-state index contributed by atoms with van der Waals surface area (Å²) in [7, 11) is 1.54. The predicted octanol–water partition coefficient (Wildman–Crippen LogP) is 3.36. The normalized spacial score (nSPS) is 10.4. The number of ether oxygens (including phenoxy) is 2.